The predicted molar refractivity (Wildman–Crippen MR) is 46.3 cm³/mol. The Labute approximate surface area is 67.5 Å². The number of aromatic nitrogens is 1. The van der Waals surface area contributed by atoms with Crippen molar-refractivity contribution in [3.8, 4) is 0 Å². The van der Waals surface area contributed by atoms with Gasteiger partial charge in [-0.05, 0) is 37.5 Å². The zero-order valence-electron chi connectivity index (χ0n) is 7.04. The molecule has 2 nitrogen and oxygen atoms in total. The van der Waals surface area contributed by atoms with Crippen molar-refractivity contribution in [2.75, 3.05) is 0 Å². The Bertz CT molecular complexity index is 231. The van der Waals surface area contributed by atoms with Crippen LogP contribution in [0.4, 0.5) is 0 Å². The van der Waals surface area contributed by atoms with Gasteiger partial charge >= 0.3 is 0 Å². The van der Waals surface area contributed by atoms with E-state index in [1.54, 1.807) is 0 Å². The van der Waals surface area contributed by atoms with Crippen LogP contribution >= 0.6 is 0 Å². The smallest absolute Gasteiger partial charge is 0.0299 e. The van der Waals surface area contributed by atoms with Gasteiger partial charge in [-0.25, -0.2) is 0 Å². The molecule has 60 valence electrons. The van der Waals surface area contributed by atoms with Crippen LogP contribution in [0.25, 0.3) is 0 Å². The first-order valence-electron chi connectivity index (χ1n) is 3.85. The lowest BCUT2D eigenvalue weighted by Gasteiger charge is -2.06. The average molecular weight is 150 g/mol. The van der Waals surface area contributed by atoms with Crippen LogP contribution in [0.5, 0.6) is 0 Å². The summed E-state index contributed by atoms with van der Waals surface area (Å²) in [5.74, 6) is 0. The van der Waals surface area contributed by atoms with E-state index in [1.807, 2.05) is 25.4 Å². The Hall–Kier alpha value is -0.890. The first-order chi connectivity index (χ1) is 5.20. The van der Waals surface area contributed by atoms with Crippen molar-refractivity contribution in [3.63, 3.8) is 0 Å². The van der Waals surface area contributed by atoms with Gasteiger partial charge in [-0.3, -0.25) is 4.98 Å². The number of nitrogens with zero attached hydrogens (tertiary/aromatic N) is 1. The molecular weight excluding hydrogens is 136 g/mol. The first-order valence-corrected chi connectivity index (χ1v) is 3.85. The highest BCUT2D eigenvalue weighted by Gasteiger charge is 1.99. The summed E-state index contributed by atoms with van der Waals surface area (Å²) in [5.41, 5.74) is 8.20. The minimum atomic E-state index is 0.232. The van der Waals surface area contributed by atoms with Crippen LogP contribution in [0.2, 0.25) is 0 Å². The van der Waals surface area contributed by atoms with Crippen LogP contribution in [-0.4, -0.2) is 11.0 Å². The molecule has 1 aromatic heterocycles. The second-order valence-corrected chi connectivity index (χ2v) is 2.98. The fourth-order valence-electron chi connectivity index (χ4n) is 1.08. The van der Waals surface area contributed by atoms with Gasteiger partial charge < -0.3 is 5.73 Å². The van der Waals surface area contributed by atoms with Crippen LogP contribution in [0.3, 0.4) is 0 Å². The topological polar surface area (TPSA) is 38.9 Å². The van der Waals surface area contributed by atoms with E-state index in [0.29, 0.717) is 0 Å². The van der Waals surface area contributed by atoms with E-state index in [9.17, 15) is 0 Å². The van der Waals surface area contributed by atoms with Gasteiger partial charge in [-0.15, -0.1) is 0 Å². The molecule has 1 rings (SSSR count). The van der Waals surface area contributed by atoms with E-state index in [-0.39, 0.29) is 6.04 Å². The predicted octanol–water partition coefficient (Wildman–Crippen LogP) is 1.28. The first kappa shape index (κ1) is 8.21. The zero-order chi connectivity index (χ0) is 8.27. The fourth-order valence-corrected chi connectivity index (χ4v) is 1.08. The Morgan fingerprint density at radius 3 is 2.91 bits per heavy atom. The summed E-state index contributed by atoms with van der Waals surface area (Å²) < 4.78 is 0. The molecule has 0 unspecified atom stereocenters. The number of rotatable bonds is 2. The summed E-state index contributed by atoms with van der Waals surface area (Å²) >= 11 is 0. The Morgan fingerprint density at radius 2 is 2.36 bits per heavy atom. The van der Waals surface area contributed by atoms with Gasteiger partial charge in [0, 0.05) is 18.4 Å². The number of pyridine rings is 1. The highest BCUT2D eigenvalue weighted by molar-refractivity contribution is 5.22. The third-order valence-corrected chi connectivity index (χ3v) is 1.68. The van der Waals surface area contributed by atoms with Crippen molar-refractivity contribution < 1.29 is 0 Å². The van der Waals surface area contributed by atoms with Crippen molar-refractivity contribution >= 4 is 0 Å². The van der Waals surface area contributed by atoms with Gasteiger partial charge in [-0.2, -0.15) is 0 Å². The van der Waals surface area contributed by atoms with Gasteiger partial charge in [0.25, 0.3) is 0 Å². The standard InChI is InChI=1S/C9H14N2/c1-7-6-11-4-3-9(7)5-8(2)10/h3-4,6,8H,5,10H2,1-2H3/t8-/m0/s1. The van der Waals surface area contributed by atoms with E-state index in [4.69, 9.17) is 5.73 Å². The molecule has 0 aliphatic carbocycles. The van der Waals surface area contributed by atoms with Crippen molar-refractivity contribution in [1.29, 1.82) is 0 Å². The van der Waals surface area contributed by atoms with Gasteiger partial charge in [0.2, 0.25) is 0 Å². The van der Waals surface area contributed by atoms with Crippen LogP contribution in [0, 0.1) is 6.92 Å². The molecule has 11 heavy (non-hydrogen) atoms. The zero-order valence-corrected chi connectivity index (χ0v) is 7.04. The largest absolute Gasteiger partial charge is 0.328 e. The monoisotopic (exact) mass is 150 g/mol. The lowest BCUT2D eigenvalue weighted by atomic mass is 10.1. The molecule has 2 heteroatoms. The Morgan fingerprint density at radius 1 is 1.64 bits per heavy atom. The highest BCUT2D eigenvalue weighted by atomic mass is 14.6. The minimum absolute atomic E-state index is 0.232. The van der Waals surface area contributed by atoms with Gasteiger partial charge in [-0.1, -0.05) is 0 Å². The van der Waals surface area contributed by atoms with Gasteiger partial charge in [0.05, 0.1) is 0 Å². The van der Waals surface area contributed by atoms with E-state index >= 15 is 0 Å². The Balaban J connectivity index is 2.78. The quantitative estimate of drug-likeness (QED) is 0.689. The second-order valence-electron chi connectivity index (χ2n) is 2.98. The maximum absolute atomic E-state index is 5.67. The summed E-state index contributed by atoms with van der Waals surface area (Å²) in [7, 11) is 0. The normalized spacial score (nSPS) is 13.0. The molecule has 0 spiro atoms. The molecule has 0 saturated carbocycles. The van der Waals surface area contributed by atoms with Crippen molar-refractivity contribution in [2.45, 2.75) is 26.3 Å². The SMILES string of the molecule is Cc1cnccc1C[C@H](C)N. The molecule has 1 heterocycles. The average Bonchev–Trinajstić information content (AvgIpc) is 1.93. The van der Waals surface area contributed by atoms with Crippen LogP contribution in [0.1, 0.15) is 18.1 Å². The van der Waals surface area contributed by atoms with Gasteiger partial charge in [0.15, 0.2) is 0 Å². The van der Waals surface area contributed by atoms with Crippen LogP contribution < -0.4 is 5.73 Å². The van der Waals surface area contributed by atoms with E-state index in [0.717, 1.165) is 6.42 Å². The van der Waals surface area contributed by atoms with Crippen molar-refractivity contribution in [3.05, 3.63) is 29.6 Å². The summed E-state index contributed by atoms with van der Waals surface area (Å²) in [6.45, 7) is 4.07. The summed E-state index contributed by atoms with van der Waals surface area (Å²) in [4.78, 5) is 4.01. The van der Waals surface area contributed by atoms with Crippen molar-refractivity contribution in [1.82, 2.24) is 4.98 Å². The second kappa shape index (κ2) is 3.49. The lowest BCUT2D eigenvalue weighted by molar-refractivity contribution is 0.733. The molecule has 0 aliphatic heterocycles. The molecule has 1 atom stereocenters. The summed E-state index contributed by atoms with van der Waals surface area (Å²) in [5, 5.41) is 0. The van der Waals surface area contributed by atoms with E-state index in [1.165, 1.54) is 11.1 Å². The molecular formula is C9H14N2. The molecule has 0 aliphatic rings. The molecule has 0 aromatic carbocycles. The minimum Gasteiger partial charge on any atom is -0.328 e. The molecule has 1 aromatic rings. The fraction of sp³-hybridized carbons (Fsp3) is 0.444. The molecule has 2 N–H and O–H groups in total. The third kappa shape index (κ3) is 2.31. The number of hydrogen-bond donors (Lipinski definition) is 1. The van der Waals surface area contributed by atoms with Crippen molar-refractivity contribution in [2.24, 2.45) is 5.73 Å². The molecule has 0 amide bonds. The molecule has 0 saturated heterocycles. The number of hydrogen-bond acceptors (Lipinski definition) is 2. The number of nitrogens with two attached hydrogens (primary N) is 1. The molecule has 0 fully saturated rings. The van der Waals surface area contributed by atoms with E-state index in [2.05, 4.69) is 11.9 Å². The number of aryl methyl sites for hydroxylation is 1. The lowest BCUT2D eigenvalue weighted by Crippen LogP contribution is -2.18. The third-order valence-electron chi connectivity index (χ3n) is 1.68. The van der Waals surface area contributed by atoms with E-state index < -0.39 is 0 Å². The molecule has 0 bridgehead atoms. The van der Waals surface area contributed by atoms with Gasteiger partial charge in [0.1, 0.15) is 0 Å². The maximum atomic E-state index is 5.67. The Kier molecular flexibility index (Phi) is 2.60. The summed E-state index contributed by atoms with van der Waals surface area (Å²) in [6.07, 6.45) is 4.62. The van der Waals surface area contributed by atoms with Crippen LogP contribution in [0.15, 0.2) is 18.5 Å². The highest BCUT2D eigenvalue weighted by Crippen LogP contribution is 2.06. The molecule has 0 radical (unpaired) electrons. The maximum Gasteiger partial charge on any atom is 0.0299 e. The van der Waals surface area contributed by atoms with Crippen LogP contribution in [-0.2, 0) is 6.42 Å². The summed E-state index contributed by atoms with van der Waals surface area (Å²) in [6, 6.07) is 2.26.